The Bertz CT molecular complexity index is 526. The van der Waals surface area contributed by atoms with Crippen LogP contribution in [0.2, 0.25) is 5.02 Å². The first-order valence-electron chi connectivity index (χ1n) is 7.17. The van der Waals surface area contributed by atoms with E-state index in [0.717, 1.165) is 25.1 Å². The molecule has 1 heterocycles. The van der Waals surface area contributed by atoms with Gasteiger partial charge < -0.3 is 5.32 Å². The molecule has 2 rings (SSSR count). The van der Waals surface area contributed by atoms with Gasteiger partial charge in [-0.3, -0.25) is 4.68 Å². The molecule has 108 valence electrons. The fraction of sp³-hybridized carbons (Fsp3) is 0.438. The molecule has 0 bridgehead atoms. The van der Waals surface area contributed by atoms with Gasteiger partial charge in [-0.2, -0.15) is 5.10 Å². The van der Waals surface area contributed by atoms with Crippen molar-refractivity contribution in [1.29, 1.82) is 0 Å². The maximum Gasteiger partial charge on any atom is 0.0837 e. The summed E-state index contributed by atoms with van der Waals surface area (Å²) in [6.07, 6.45) is 3.84. The van der Waals surface area contributed by atoms with Crippen LogP contribution in [-0.4, -0.2) is 16.3 Å². The zero-order chi connectivity index (χ0) is 14.5. The van der Waals surface area contributed by atoms with Gasteiger partial charge in [-0.05, 0) is 30.5 Å². The zero-order valence-electron chi connectivity index (χ0n) is 12.4. The van der Waals surface area contributed by atoms with Gasteiger partial charge >= 0.3 is 0 Å². The molecule has 1 N–H and O–H groups in total. The van der Waals surface area contributed by atoms with E-state index < -0.39 is 0 Å². The molecule has 3 nitrogen and oxygen atoms in total. The van der Waals surface area contributed by atoms with Gasteiger partial charge in [-0.15, -0.1) is 0 Å². The van der Waals surface area contributed by atoms with Gasteiger partial charge in [0.2, 0.25) is 0 Å². The Morgan fingerprint density at radius 3 is 2.45 bits per heavy atom. The summed E-state index contributed by atoms with van der Waals surface area (Å²) in [6.45, 7) is 5.27. The van der Waals surface area contributed by atoms with Crippen LogP contribution in [0.15, 0.2) is 30.5 Å². The molecule has 1 atom stereocenters. The number of nitrogens with one attached hydrogen (secondary N) is 1. The van der Waals surface area contributed by atoms with Crippen molar-refractivity contribution in [3.05, 3.63) is 52.3 Å². The highest BCUT2D eigenvalue weighted by Crippen LogP contribution is 2.28. The third-order valence-electron chi connectivity index (χ3n) is 3.53. The van der Waals surface area contributed by atoms with Gasteiger partial charge in [0.1, 0.15) is 0 Å². The fourth-order valence-corrected chi connectivity index (χ4v) is 2.63. The third kappa shape index (κ3) is 3.22. The van der Waals surface area contributed by atoms with E-state index in [-0.39, 0.29) is 6.04 Å². The summed E-state index contributed by atoms with van der Waals surface area (Å²) in [7, 11) is 1.93. The van der Waals surface area contributed by atoms with E-state index >= 15 is 0 Å². The third-order valence-corrected chi connectivity index (χ3v) is 3.82. The van der Waals surface area contributed by atoms with E-state index in [4.69, 9.17) is 11.6 Å². The van der Waals surface area contributed by atoms with Crippen molar-refractivity contribution in [1.82, 2.24) is 15.1 Å². The average Bonchev–Trinajstić information content (AvgIpc) is 2.80. The summed E-state index contributed by atoms with van der Waals surface area (Å²) >= 11 is 6.30. The highest BCUT2D eigenvalue weighted by molar-refractivity contribution is 6.31. The van der Waals surface area contributed by atoms with Crippen molar-refractivity contribution in [2.45, 2.75) is 32.7 Å². The van der Waals surface area contributed by atoms with Crippen LogP contribution in [0.5, 0.6) is 0 Å². The Morgan fingerprint density at radius 2 is 1.95 bits per heavy atom. The molecule has 0 saturated carbocycles. The minimum atomic E-state index is 0.0841. The minimum absolute atomic E-state index is 0.0841. The lowest BCUT2D eigenvalue weighted by Gasteiger charge is -2.20. The normalized spacial score (nSPS) is 12.6. The summed E-state index contributed by atoms with van der Waals surface area (Å²) in [5.74, 6) is 0. The summed E-state index contributed by atoms with van der Waals surface area (Å²) < 4.78 is 1.85. The smallest absolute Gasteiger partial charge is 0.0837 e. The van der Waals surface area contributed by atoms with Crippen LogP contribution in [0.3, 0.4) is 0 Å². The van der Waals surface area contributed by atoms with Crippen molar-refractivity contribution >= 4 is 11.6 Å². The predicted molar refractivity (Wildman–Crippen MR) is 84.2 cm³/mol. The van der Waals surface area contributed by atoms with Gasteiger partial charge in [0.05, 0.1) is 23.0 Å². The lowest BCUT2D eigenvalue weighted by atomic mass is 10.0. The van der Waals surface area contributed by atoms with Gasteiger partial charge in [0.25, 0.3) is 0 Å². The van der Waals surface area contributed by atoms with Crippen LogP contribution in [0.1, 0.15) is 43.1 Å². The first-order chi connectivity index (χ1) is 9.67. The number of rotatable bonds is 6. The van der Waals surface area contributed by atoms with E-state index in [2.05, 4.69) is 48.5 Å². The van der Waals surface area contributed by atoms with Gasteiger partial charge in [0, 0.05) is 7.05 Å². The highest BCUT2D eigenvalue weighted by Gasteiger charge is 2.20. The summed E-state index contributed by atoms with van der Waals surface area (Å²) in [4.78, 5) is 0. The molecule has 0 aliphatic rings. The molecule has 1 unspecified atom stereocenters. The molecular formula is C16H22ClN3. The Labute approximate surface area is 126 Å². The SMILES string of the molecule is CCCNC(c1ccc(CC)cc1)c1c(Cl)cnn1C. The van der Waals surface area contributed by atoms with E-state index in [1.54, 1.807) is 6.20 Å². The second kappa shape index (κ2) is 6.91. The van der Waals surface area contributed by atoms with E-state index in [1.165, 1.54) is 11.1 Å². The molecular weight excluding hydrogens is 270 g/mol. The molecule has 0 radical (unpaired) electrons. The molecule has 0 spiro atoms. The number of hydrogen-bond acceptors (Lipinski definition) is 2. The molecule has 1 aromatic carbocycles. The number of nitrogens with zero attached hydrogens (tertiary/aromatic N) is 2. The van der Waals surface area contributed by atoms with Crippen molar-refractivity contribution in [2.24, 2.45) is 7.05 Å². The second-order valence-corrected chi connectivity index (χ2v) is 5.39. The lowest BCUT2D eigenvalue weighted by molar-refractivity contribution is 0.553. The largest absolute Gasteiger partial charge is 0.305 e. The molecule has 20 heavy (non-hydrogen) atoms. The number of aromatic nitrogens is 2. The van der Waals surface area contributed by atoms with Crippen LogP contribution in [0.25, 0.3) is 0 Å². The van der Waals surface area contributed by atoms with E-state index in [0.29, 0.717) is 5.02 Å². The van der Waals surface area contributed by atoms with Gasteiger partial charge in [0.15, 0.2) is 0 Å². The van der Waals surface area contributed by atoms with Crippen molar-refractivity contribution in [3.63, 3.8) is 0 Å². The van der Waals surface area contributed by atoms with Gasteiger partial charge in [-0.1, -0.05) is 49.7 Å². The highest BCUT2D eigenvalue weighted by atomic mass is 35.5. The van der Waals surface area contributed by atoms with Crippen LogP contribution in [0.4, 0.5) is 0 Å². The standard InChI is InChI=1S/C16H22ClN3/c1-4-10-18-15(16-14(17)11-19-20(16)3)13-8-6-12(5-2)7-9-13/h6-9,11,15,18H,4-5,10H2,1-3H3. The molecule has 4 heteroatoms. The fourth-order valence-electron chi connectivity index (χ4n) is 2.35. The minimum Gasteiger partial charge on any atom is -0.305 e. The van der Waals surface area contributed by atoms with Crippen LogP contribution < -0.4 is 5.32 Å². The number of benzene rings is 1. The summed E-state index contributed by atoms with van der Waals surface area (Å²) in [5.41, 5.74) is 3.59. The van der Waals surface area contributed by atoms with E-state index in [9.17, 15) is 0 Å². The second-order valence-electron chi connectivity index (χ2n) is 4.98. The predicted octanol–water partition coefficient (Wildman–Crippen LogP) is 3.72. The topological polar surface area (TPSA) is 29.9 Å². The van der Waals surface area contributed by atoms with Crippen molar-refractivity contribution in [2.75, 3.05) is 6.54 Å². The van der Waals surface area contributed by atoms with Gasteiger partial charge in [-0.25, -0.2) is 0 Å². The number of halogens is 1. The number of hydrogen-bond donors (Lipinski definition) is 1. The van der Waals surface area contributed by atoms with Crippen LogP contribution in [-0.2, 0) is 13.5 Å². The molecule has 0 aliphatic carbocycles. The quantitative estimate of drug-likeness (QED) is 0.879. The Kier molecular flexibility index (Phi) is 5.21. The molecule has 1 aromatic heterocycles. The van der Waals surface area contributed by atoms with E-state index in [1.807, 2.05) is 11.7 Å². The van der Waals surface area contributed by atoms with Crippen LogP contribution >= 0.6 is 11.6 Å². The zero-order valence-corrected chi connectivity index (χ0v) is 13.1. The Morgan fingerprint density at radius 1 is 1.25 bits per heavy atom. The maximum atomic E-state index is 6.30. The van der Waals surface area contributed by atoms with Crippen molar-refractivity contribution < 1.29 is 0 Å². The molecule has 2 aromatic rings. The molecule has 0 saturated heterocycles. The lowest BCUT2D eigenvalue weighted by Crippen LogP contribution is -2.25. The summed E-state index contributed by atoms with van der Waals surface area (Å²) in [6, 6.07) is 8.80. The monoisotopic (exact) mass is 291 g/mol. The number of aryl methyl sites for hydroxylation is 2. The Balaban J connectivity index is 2.36. The van der Waals surface area contributed by atoms with Crippen molar-refractivity contribution in [3.8, 4) is 0 Å². The molecule has 0 fully saturated rings. The Hall–Kier alpha value is -1.32. The first-order valence-corrected chi connectivity index (χ1v) is 7.54. The average molecular weight is 292 g/mol. The van der Waals surface area contributed by atoms with Crippen LogP contribution in [0, 0.1) is 0 Å². The maximum absolute atomic E-state index is 6.30. The summed E-state index contributed by atoms with van der Waals surface area (Å²) in [5, 5.41) is 8.52. The molecule has 0 amide bonds. The first kappa shape index (κ1) is 15.1. The molecule has 0 aliphatic heterocycles.